The molecular formula is C19H19N3O3S. The Balaban J connectivity index is 1.72. The van der Waals surface area contributed by atoms with Crippen LogP contribution in [0.5, 0.6) is 11.5 Å². The molecule has 134 valence electrons. The Morgan fingerprint density at radius 3 is 2.92 bits per heavy atom. The molecule has 4 rings (SSSR count). The van der Waals surface area contributed by atoms with Crippen LogP contribution < -0.4 is 14.8 Å². The Morgan fingerprint density at radius 2 is 2.15 bits per heavy atom. The highest BCUT2D eigenvalue weighted by Crippen LogP contribution is 2.38. The number of carbonyl (C=O) groups excluding carboxylic acids is 1. The van der Waals surface area contributed by atoms with E-state index in [1.54, 1.807) is 0 Å². The molecule has 3 heterocycles. The van der Waals surface area contributed by atoms with Crippen LogP contribution in [0.25, 0.3) is 11.3 Å². The molecule has 0 atom stereocenters. The molecule has 0 unspecified atom stereocenters. The number of aromatic nitrogens is 2. The van der Waals surface area contributed by atoms with Gasteiger partial charge in [0.15, 0.2) is 11.5 Å². The average Bonchev–Trinajstić information content (AvgIpc) is 3.35. The number of nitrogens with zero attached hydrogens (tertiary/aromatic N) is 1. The molecule has 1 aliphatic rings. The fraction of sp³-hybridized carbons (Fsp3) is 0.263. The van der Waals surface area contributed by atoms with Crippen LogP contribution in [-0.4, -0.2) is 22.9 Å². The van der Waals surface area contributed by atoms with E-state index < -0.39 is 0 Å². The predicted molar refractivity (Wildman–Crippen MR) is 101 cm³/mol. The van der Waals surface area contributed by atoms with Gasteiger partial charge in [0.2, 0.25) is 6.79 Å². The van der Waals surface area contributed by atoms with Crippen LogP contribution >= 0.6 is 11.3 Å². The molecule has 3 aromatic rings. The van der Waals surface area contributed by atoms with Crippen molar-refractivity contribution in [2.75, 3.05) is 12.1 Å². The smallest absolute Gasteiger partial charge is 0.265 e. The van der Waals surface area contributed by atoms with E-state index in [4.69, 9.17) is 9.47 Å². The van der Waals surface area contributed by atoms with Gasteiger partial charge >= 0.3 is 0 Å². The van der Waals surface area contributed by atoms with Crippen LogP contribution in [0.1, 0.15) is 29.2 Å². The number of H-pyrrole nitrogens is 1. The molecule has 0 radical (unpaired) electrons. The third-order valence-corrected chi connectivity index (χ3v) is 4.95. The maximum Gasteiger partial charge on any atom is 0.265 e. The molecule has 0 aliphatic carbocycles. The van der Waals surface area contributed by atoms with Crippen molar-refractivity contribution in [2.24, 2.45) is 5.92 Å². The fourth-order valence-electron chi connectivity index (χ4n) is 2.90. The minimum Gasteiger partial charge on any atom is -0.454 e. The summed E-state index contributed by atoms with van der Waals surface area (Å²) in [5.41, 5.74) is 3.19. The van der Waals surface area contributed by atoms with Gasteiger partial charge in [-0.1, -0.05) is 19.9 Å². The molecule has 0 saturated carbocycles. The van der Waals surface area contributed by atoms with Crippen molar-refractivity contribution in [1.82, 2.24) is 10.2 Å². The van der Waals surface area contributed by atoms with Crippen LogP contribution in [0, 0.1) is 5.92 Å². The van der Waals surface area contributed by atoms with Gasteiger partial charge in [0.25, 0.3) is 5.91 Å². The number of anilines is 1. The molecule has 1 amide bonds. The Bertz CT molecular complexity index is 932. The topological polar surface area (TPSA) is 76.2 Å². The fourth-order valence-corrected chi connectivity index (χ4v) is 3.52. The minimum atomic E-state index is -0.131. The highest BCUT2D eigenvalue weighted by molar-refractivity contribution is 7.12. The predicted octanol–water partition coefficient (Wildman–Crippen LogP) is 4.32. The SMILES string of the molecule is CC(C)Cc1[nH]nc(-c2ccc3c(c2)OCO3)c1NC(=O)c1cccs1. The van der Waals surface area contributed by atoms with E-state index in [9.17, 15) is 4.79 Å². The van der Waals surface area contributed by atoms with Crippen LogP contribution in [0.15, 0.2) is 35.7 Å². The van der Waals surface area contributed by atoms with E-state index >= 15 is 0 Å². The molecule has 0 fully saturated rings. The molecule has 0 spiro atoms. The first kappa shape index (κ1) is 16.7. The Kier molecular flexibility index (Phi) is 4.38. The highest BCUT2D eigenvalue weighted by atomic mass is 32.1. The number of nitrogens with one attached hydrogen (secondary N) is 2. The molecule has 26 heavy (non-hydrogen) atoms. The summed E-state index contributed by atoms with van der Waals surface area (Å²) in [7, 11) is 0. The number of fused-ring (bicyclic) bond motifs is 1. The quantitative estimate of drug-likeness (QED) is 0.702. The standard InChI is InChI=1S/C19H19N3O3S/c1-11(2)8-13-18(20-19(23)16-4-3-7-26-16)17(22-21-13)12-5-6-14-15(9-12)25-10-24-14/h3-7,9,11H,8,10H2,1-2H3,(H,20,23)(H,21,22). The lowest BCUT2D eigenvalue weighted by Gasteiger charge is -2.10. The maximum absolute atomic E-state index is 12.6. The second-order valence-corrected chi connectivity index (χ2v) is 7.47. The summed E-state index contributed by atoms with van der Waals surface area (Å²) in [5, 5.41) is 12.5. The van der Waals surface area contributed by atoms with Crippen LogP contribution in [-0.2, 0) is 6.42 Å². The molecular weight excluding hydrogens is 350 g/mol. The third-order valence-electron chi connectivity index (χ3n) is 4.08. The lowest BCUT2D eigenvalue weighted by atomic mass is 10.0. The van der Waals surface area contributed by atoms with Crippen molar-refractivity contribution in [1.29, 1.82) is 0 Å². The van der Waals surface area contributed by atoms with Crippen molar-refractivity contribution >= 4 is 22.9 Å². The zero-order chi connectivity index (χ0) is 18.1. The zero-order valence-corrected chi connectivity index (χ0v) is 15.4. The number of ether oxygens (including phenoxy) is 2. The van der Waals surface area contributed by atoms with Crippen molar-refractivity contribution in [3.8, 4) is 22.8 Å². The number of thiophene rings is 1. The van der Waals surface area contributed by atoms with Crippen LogP contribution in [0.3, 0.4) is 0 Å². The van der Waals surface area contributed by atoms with Gasteiger partial charge in [-0.2, -0.15) is 5.10 Å². The van der Waals surface area contributed by atoms with Crippen LogP contribution in [0.4, 0.5) is 5.69 Å². The molecule has 1 aromatic carbocycles. The molecule has 0 saturated heterocycles. The average molecular weight is 369 g/mol. The van der Waals surface area contributed by atoms with E-state index in [1.165, 1.54) is 11.3 Å². The van der Waals surface area contributed by atoms with Gasteiger partial charge in [-0.05, 0) is 42.0 Å². The van der Waals surface area contributed by atoms with E-state index in [1.807, 2.05) is 35.7 Å². The summed E-state index contributed by atoms with van der Waals surface area (Å²) in [5.74, 6) is 1.70. The first-order chi connectivity index (χ1) is 12.6. The monoisotopic (exact) mass is 369 g/mol. The van der Waals surface area contributed by atoms with Gasteiger partial charge in [-0.25, -0.2) is 0 Å². The Labute approximate surface area is 155 Å². The summed E-state index contributed by atoms with van der Waals surface area (Å²) in [6.07, 6.45) is 0.789. The number of rotatable bonds is 5. The Hall–Kier alpha value is -2.80. The van der Waals surface area contributed by atoms with Crippen molar-refractivity contribution in [3.05, 3.63) is 46.3 Å². The highest BCUT2D eigenvalue weighted by Gasteiger charge is 2.21. The number of amides is 1. The lowest BCUT2D eigenvalue weighted by molar-refractivity contribution is 0.103. The summed E-state index contributed by atoms with van der Waals surface area (Å²) < 4.78 is 10.8. The van der Waals surface area contributed by atoms with E-state index in [0.717, 1.165) is 29.1 Å². The maximum atomic E-state index is 12.6. The summed E-state index contributed by atoms with van der Waals surface area (Å²) in [6, 6.07) is 9.34. The van der Waals surface area contributed by atoms with Crippen molar-refractivity contribution < 1.29 is 14.3 Å². The normalized spacial score (nSPS) is 12.6. The van der Waals surface area contributed by atoms with E-state index in [2.05, 4.69) is 29.4 Å². The van der Waals surface area contributed by atoms with E-state index in [0.29, 0.717) is 22.2 Å². The number of hydrogen-bond donors (Lipinski definition) is 2. The van der Waals surface area contributed by atoms with Gasteiger partial charge in [0.1, 0.15) is 5.69 Å². The van der Waals surface area contributed by atoms with Gasteiger partial charge < -0.3 is 14.8 Å². The molecule has 1 aliphatic heterocycles. The number of carbonyl (C=O) groups is 1. The summed E-state index contributed by atoms with van der Waals surface area (Å²) in [6.45, 7) is 4.48. The lowest BCUT2D eigenvalue weighted by Crippen LogP contribution is -2.12. The molecule has 2 aromatic heterocycles. The zero-order valence-electron chi connectivity index (χ0n) is 14.5. The third kappa shape index (κ3) is 3.17. The minimum absolute atomic E-state index is 0.131. The van der Waals surface area contributed by atoms with Crippen molar-refractivity contribution in [2.45, 2.75) is 20.3 Å². The molecule has 7 heteroatoms. The van der Waals surface area contributed by atoms with E-state index in [-0.39, 0.29) is 12.7 Å². The van der Waals surface area contributed by atoms with Gasteiger partial charge in [-0.15, -0.1) is 11.3 Å². The summed E-state index contributed by atoms with van der Waals surface area (Å²) >= 11 is 1.41. The number of aromatic amines is 1. The second kappa shape index (κ2) is 6.84. The van der Waals surface area contributed by atoms with Crippen LogP contribution in [0.2, 0.25) is 0 Å². The second-order valence-electron chi connectivity index (χ2n) is 6.52. The summed E-state index contributed by atoms with van der Waals surface area (Å²) in [4.78, 5) is 13.3. The Morgan fingerprint density at radius 1 is 1.31 bits per heavy atom. The first-order valence-corrected chi connectivity index (χ1v) is 9.32. The molecule has 2 N–H and O–H groups in total. The largest absolute Gasteiger partial charge is 0.454 e. The van der Waals surface area contributed by atoms with Gasteiger partial charge in [0.05, 0.1) is 16.3 Å². The number of benzene rings is 1. The first-order valence-electron chi connectivity index (χ1n) is 8.44. The van der Waals surface area contributed by atoms with Gasteiger partial charge in [-0.3, -0.25) is 9.89 Å². The van der Waals surface area contributed by atoms with Crippen molar-refractivity contribution in [3.63, 3.8) is 0 Å². The molecule has 0 bridgehead atoms. The molecule has 6 nitrogen and oxygen atoms in total. The van der Waals surface area contributed by atoms with Gasteiger partial charge in [0, 0.05) is 5.56 Å². The number of hydrogen-bond acceptors (Lipinski definition) is 5.